The zero-order chi connectivity index (χ0) is 13.3. The van der Waals surface area contributed by atoms with Gasteiger partial charge in [-0.15, -0.1) is 0 Å². The van der Waals surface area contributed by atoms with Gasteiger partial charge in [-0.25, -0.2) is 8.42 Å². The van der Waals surface area contributed by atoms with Crippen LogP contribution in [0.5, 0.6) is 0 Å². The number of rotatable bonds is 3. The molecular formula is C10H11ClN4O2S. The molecule has 1 aromatic heterocycles. The molecule has 3 N–H and O–H groups in total. The van der Waals surface area contributed by atoms with E-state index < -0.39 is 10.0 Å². The largest absolute Gasteiger partial charge is 0.394 e. The van der Waals surface area contributed by atoms with Crippen LogP contribution in [0.2, 0.25) is 5.02 Å². The lowest BCUT2D eigenvalue weighted by atomic mass is 10.4. The maximum absolute atomic E-state index is 12.1. The topological polar surface area (TPSA) is 90.0 Å². The number of hydrogen-bond acceptors (Lipinski definition) is 4. The second-order valence-electron chi connectivity index (χ2n) is 3.63. The third kappa shape index (κ3) is 2.41. The van der Waals surface area contributed by atoms with Gasteiger partial charge >= 0.3 is 0 Å². The molecule has 2 aromatic rings. The molecule has 2 rings (SSSR count). The van der Waals surface area contributed by atoms with Gasteiger partial charge in [0, 0.05) is 12.1 Å². The summed E-state index contributed by atoms with van der Waals surface area (Å²) in [6.07, 6.45) is 1.37. The number of halogens is 1. The van der Waals surface area contributed by atoms with Crippen LogP contribution in [0.25, 0.3) is 0 Å². The van der Waals surface area contributed by atoms with E-state index in [1.807, 2.05) is 0 Å². The first kappa shape index (κ1) is 12.7. The van der Waals surface area contributed by atoms with Crippen molar-refractivity contribution in [2.75, 3.05) is 10.5 Å². The summed E-state index contributed by atoms with van der Waals surface area (Å²) in [5, 5.41) is 4.32. The van der Waals surface area contributed by atoms with Gasteiger partial charge in [-0.05, 0) is 24.3 Å². The molecule has 0 aliphatic rings. The first-order valence-electron chi connectivity index (χ1n) is 4.96. The number of hydrogen-bond donors (Lipinski definition) is 2. The first-order chi connectivity index (χ1) is 8.40. The Morgan fingerprint density at radius 2 is 1.94 bits per heavy atom. The maximum Gasteiger partial charge on any atom is 0.263 e. The zero-order valence-corrected chi connectivity index (χ0v) is 11.0. The van der Waals surface area contributed by atoms with E-state index in [2.05, 4.69) is 9.82 Å². The number of nitrogens with two attached hydrogens (primary N) is 1. The molecule has 18 heavy (non-hydrogen) atoms. The molecule has 8 heteroatoms. The second-order valence-corrected chi connectivity index (χ2v) is 5.75. The standard InChI is InChI=1S/C10H11ClN4O2S/c1-15-10(9(12)6-13-15)14-18(16,17)8-4-2-7(11)3-5-8/h2-6,14H,12H2,1H3. The number of anilines is 2. The smallest absolute Gasteiger partial charge is 0.263 e. The summed E-state index contributed by atoms with van der Waals surface area (Å²) in [5.74, 6) is 0.227. The molecule has 96 valence electrons. The molecule has 1 heterocycles. The van der Waals surface area contributed by atoms with Crippen molar-refractivity contribution < 1.29 is 8.42 Å². The number of sulfonamides is 1. The summed E-state index contributed by atoms with van der Waals surface area (Å²) in [4.78, 5) is 0.104. The molecule has 1 aromatic carbocycles. The third-order valence-electron chi connectivity index (χ3n) is 2.32. The van der Waals surface area contributed by atoms with Crippen molar-refractivity contribution in [3.05, 3.63) is 35.5 Å². The van der Waals surface area contributed by atoms with E-state index in [0.29, 0.717) is 5.02 Å². The van der Waals surface area contributed by atoms with Crippen molar-refractivity contribution in [2.24, 2.45) is 7.05 Å². The van der Waals surface area contributed by atoms with E-state index in [4.69, 9.17) is 17.3 Å². The summed E-state index contributed by atoms with van der Waals surface area (Å²) in [7, 11) is -2.10. The van der Waals surface area contributed by atoms with Gasteiger partial charge in [0.15, 0.2) is 5.82 Å². The van der Waals surface area contributed by atoms with E-state index in [1.165, 1.54) is 35.1 Å². The van der Waals surface area contributed by atoms with E-state index in [0.717, 1.165) is 0 Å². The highest BCUT2D eigenvalue weighted by molar-refractivity contribution is 7.92. The molecule has 6 nitrogen and oxygen atoms in total. The highest BCUT2D eigenvalue weighted by Gasteiger charge is 2.17. The minimum absolute atomic E-state index is 0.104. The summed E-state index contributed by atoms with van der Waals surface area (Å²) in [6, 6.07) is 5.83. The Labute approximate surface area is 109 Å². The van der Waals surface area contributed by atoms with Gasteiger partial charge < -0.3 is 5.73 Å². The lowest BCUT2D eigenvalue weighted by Crippen LogP contribution is -2.16. The Kier molecular flexibility index (Phi) is 3.18. The molecule has 0 unspecified atom stereocenters. The van der Waals surface area contributed by atoms with Crippen molar-refractivity contribution in [1.82, 2.24) is 9.78 Å². The Bertz CT molecular complexity index is 644. The van der Waals surface area contributed by atoms with Crippen LogP contribution < -0.4 is 10.5 Å². The van der Waals surface area contributed by atoms with Gasteiger partial charge in [-0.2, -0.15) is 5.10 Å². The number of benzene rings is 1. The molecule has 0 fully saturated rings. The Morgan fingerprint density at radius 1 is 1.33 bits per heavy atom. The fourth-order valence-corrected chi connectivity index (χ4v) is 2.62. The molecule has 0 saturated carbocycles. The average molecular weight is 287 g/mol. The Hall–Kier alpha value is -1.73. The second kappa shape index (κ2) is 4.51. The number of aromatic nitrogens is 2. The molecule has 0 aliphatic carbocycles. The molecular weight excluding hydrogens is 276 g/mol. The number of nitrogens with one attached hydrogen (secondary N) is 1. The monoisotopic (exact) mass is 286 g/mol. The quantitative estimate of drug-likeness (QED) is 0.894. The van der Waals surface area contributed by atoms with Crippen LogP contribution in [0.3, 0.4) is 0 Å². The zero-order valence-electron chi connectivity index (χ0n) is 9.46. The van der Waals surface area contributed by atoms with E-state index in [1.54, 1.807) is 7.05 Å². The molecule has 0 aliphatic heterocycles. The summed E-state index contributed by atoms with van der Waals surface area (Å²) in [6.45, 7) is 0. The minimum atomic E-state index is -3.69. The molecule has 0 radical (unpaired) electrons. The highest BCUT2D eigenvalue weighted by atomic mass is 35.5. The lowest BCUT2D eigenvalue weighted by molar-refractivity contribution is 0.600. The maximum atomic E-state index is 12.1. The summed E-state index contributed by atoms with van der Waals surface area (Å²) in [5.41, 5.74) is 5.88. The molecule has 0 bridgehead atoms. The van der Waals surface area contributed by atoms with Crippen LogP contribution in [-0.4, -0.2) is 18.2 Å². The van der Waals surface area contributed by atoms with Gasteiger partial charge in [-0.3, -0.25) is 9.40 Å². The van der Waals surface area contributed by atoms with Gasteiger partial charge in [0.25, 0.3) is 10.0 Å². The van der Waals surface area contributed by atoms with Crippen LogP contribution >= 0.6 is 11.6 Å². The van der Waals surface area contributed by atoms with Gasteiger partial charge in [0.05, 0.1) is 16.8 Å². The molecule has 0 saturated heterocycles. The lowest BCUT2D eigenvalue weighted by Gasteiger charge is -2.09. The van der Waals surface area contributed by atoms with Crippen LogP contribution in [0, 0.1) is 0 Å². The van der Waals surface area contributed by atoms with Crippen molar-refractivity contribution >= 4 is 33.1 Å². The number of nitrogen functional groups attached to an aromatic ring is 1. The van der Waals surface area contributed by atoms with Crippen LogP contribution in [0.15, 0.2) is 35.4 Å². The van der Waals surface area contributed by atoms with Crippen LogP contribution in [-0.2, 0) is 17.1 Å². The SMILES string of the molecule is Cn1ncc(N)c1NS(=O)(=O)c1ccc(Cl)cc1. The first-order valence-corrected chi connectivity index (χ1v) is 6.82. The van der Waals surface area contributed by atoms with E-state index in [9.17, 15) is 8.42 Å². The van der Waals surface area contributed by atoms with Crippen molar-refractivity contribution in [3.63, 3.8) is 0 Å². The Balaban J connectivity index is 2.36. The minimum Gasteiger partial charge on any atom is -0.394 e. The number of aryl methyl sites for hydroxylation is 1. The predicted octanol–water partition coefficient (Wildman–Crippen LogP) is 1.46. The fourth-order valence-electron chi connectivity index (χ4n) is 1.38. The van der Waals surface area contributed by atoms with Crippen molar-refractivity contribution in [3.8, 4) is 0 Å². The third-order valence-corrected chi connectivity index (χ3v) is 3.93. The van der Waals surface area contributed by atoms with Gasteiger partial charge in [-0.1, -0.05) is 11.6 Å². The van der Waals surface area contributed by atoms with Gasteiger partial charge in [0.1, 0.15) is 0 Å². The highest BCUT2D eigenvalue weighted by Crippen LogP contribution is 2.21. The summed E-state index contributed by atoms with van der Waals surface area (Å²) >= 11 is 5.71. The van der Waals surface area contributed by atoms with Crippen LogP contribution in [0.1, 0.15) is 0 Å². The predicted molar refractivity (Wildman–Crippen MR) is 69.9 cm³/mol. The summed E-state index contributed by atoms with van der Waals surface area (Å²) < 4.78 is 27.9. The molecule has 0 spiro atoms. The van der Waals surface area contributed by atoms with Crippen LogP contribution in [0.4, 0.5) is 11.5 Å². The van der Waals surface area contributed by atoms with E-state index >= 15 is 0 Å². The fraction of sp³-hybridized carbons (Fsp3) is 0.100. The van der Waals surface area contributed by atoms with Gasteiger partial charge in [0.2, 0.25) is 0 Å². The van der Waals surface area contributed by atoms with E-state index in [-0.39, 0.29) is 16.4 Å². The number of nitrogens with zero attached hydrogens (tertiary/aromatic N) is 2. The normalized spacial score (nSPS) is 11.4. The van der Waals surface area contributed by atoms with Crippen molar-refractivity contribution in [1.29, 1.82) is 0 Å². The molecule has 0 atom stereocenters. The molecule has 0 amide bonds. The van der Waals surface area contributed by atoms with Crippen molar-refractivity contribution in [2.45, 2.75) is 4.90 Å². The average Bonchev–Trinajstić information content (AvgIpc) is 2.61. The Morgan fingerprint density at radius 3 is 2.44 bits per heavy atom.